The van der Waals surface area contributed by atoms with Gasteiger partial charge in [-0.3, -0.25) is 4.57 Å². The first kappa shape index (κ1) is 20.4. The van der Waals surface area contributed by atoms with Crippen LogP contribution in [0.2, 0.25) is 5.02 Å². The molecule has 3 rings (SSSR count). The Hall–Kier alpha value is -2.35. The summed E-state index contributed by atoms with van der Waals surface area (Å²) in [5.41, 5.74) is 2.55. The Bertz CT molecular complexity index is 927. The molecule has 0 amide bonds. The second-order valence-corrected chi connectivity index (χ2v) is 7.31. The molecule has 0 saturated carbocycles. The third-order valence-corrected chi connectivity index (χ3v) is 5.37. The maximum atomic E-state index is 11.5. The van der Waals surface area contributed by atoms with Crippen molar-refractivity contribution >= 4 is 29.3 Å². The van der Waals surface area contributed by atoms with Crippen LogP contribution in [0.5, 0.6) is 0 Å². The quantitative estimate of drug-likeness (QED) is 0.401. The Morgan fingerprint density at radius 3 is 2.43 bits per heavy atom. The summed E-state index contributed by atoms with van der Waals surface area (Å²) in [4.78, 5) is 11.5. The Morgan fingerprint density at radius 2 is 1.79 bits per heavy atom. The van der Waals surface area contributed by atoms with E-state index in [-0.39, 0.29) is 5.97 Å². The molecule has 1 aromatic heterocycles. The number of ether oxygens (including phenoxy) is 2. The molecule has 0 aliphatic heterocycles. The molecule has 0 unspecified atom stereocenters. The number of esters is 1. The van der Waals surface area contributed by atoms with E-state index in [1.165, 1.54) is 7.11 Å². The fraction of sp³-hybridized carbons (Fsp3) is 0.250. The molecular formula is C20H20ClN3O3S. The number of thioether (sulfide) groups is 1. The SMILES string of the molecule is COCCn1c(SCc2ccc(C(=O)OC)cc2)nnc1-c1ccc(Cl)cc1. The molecule has 0 bridgehead atoms. The van der Waals surface area contributed by atoms with Crippen molar-refractivity contribution in [1.82, 2.24) is 14.8 Å². The van der Waals surface area contributed by atoms with Crippen LogP contribution in [0.4, 0.5) is 0 Å². The van der Waals surface area contributed by atoms with Gasteiger partial charge in [0.15, 0.2) is 11.0 Å². The molecule has 146 valence electrons. The van der Waals surface area contributed by atoms with E-state index in [0.717, 1.165) is 22.1 Å². The number of halogens is 1. The molecule has 6 nitrogen and oxygen atoms in total. The number of hydrogen-bond donors (Lipinski definition) is 0. The molecule has 0 saturated heterocycles. The van der Waals surface area contributed by atoms with Crippen LogP contribution in [0.1, 0.15) is 15.9 Å². The summed E-state index contributed by atoms with van der Waals surface area (Å²) in [5.74, 6) is 1.14. The van der Waals surface area contributed by atoms with Crippen molar-refractivity contribution < 1.29 is 14.3 Å². The van der Waals surface area contributed by atoms with E-state index in [1.54, 1.807) is 31.0 Å². The first-order valence-corrected chi connectivity index (χ1v) is 9.97. The molecule has 2 aromatic carbocycles. The summed E-state index contributed by atoms with van der Waals surface area (Å²) in [7, 11) is 3.04. The number of aromatic nitrogens is 3. The van der Waals surface area contributed by atoms with Gasteiger partial charge in [-0.05, 0) is 42.0 Å². The maximum Gasteiger partial charge on any atom is 0.337 e. The van der Waals surface area contributed by atoms with Crippen LogP contribution in [-0.4, -0.2) is 41.6 Å². The third-order valence-electron chi connectivity index (χ3n) is 4.08. The average Bonchev–Trinajstić information content (AvgIpc) is 3.13. The zero-order valence-electron chi connectivity index (χ0n) is 15.6. The van der Waals surface area contributed by atoms with Gasteiger partial charge in [-0.2, -0.15) is 0 Å². The number of nitrogens with zero attached hydrogens (tertiary/aromatic N) is 3. The highest BCUT2D eigenvalue weighted by Crippen LogP contribution is 2.27. The van der Waals surface area contributed by atoms with Gasteiger partial charge in [-0.1, -0.05) is 35.5 Å². The minimum Gasteiger partial charge on any atom is -0.465 e. The molecule has 0 aliphatic carbocycles. The van der Waals surface area contributed by atoms with Gasteiger partial charge >= 0.3 is 5.97 Å². The largest absolute Gasteiger partial charge is 0.465 e. The van der Waals surface area contributed by atoms with Gasteiger partial charge in [-0.15, -0.1) is 10.2 Å². The third kappa shape index (κ3) is 4.92. The summed E-state index contributed by atoms with van der Waals surface area (Å²) in [6.07, 6.45) is 0. The Morgan fingerprint density at radius 1 is 1.07 bits per heavy atom. The highest BCUT2D eigenvalue weighted by molar-refractivity contribution is 7.98. The van der Waals surface area contributed by atoms with Gasteiger partial charge in [-0.25, -0.2) is 4.79 Å². The van der Waals surface area contributed by atoms with Crippen LogP contribution < -0.4 is 0 Å². The molecular weight excluding hydrogens is 398 g/mol. The van der Waals surface area contributed by atoms with Crippen LogP contribution in [-0.2, 0) is 21.8 Å². The standard InChI is InChI=1S/C20H20ClN3O3S/c1-26-12-11-24-18(15-7-9-17(21)10-8-15)22-23-20(24)28-13-14-3-5-16(6-4-14)19(25)27-2/h3-10H,11-13H2,1-2H3. The number of methoxy groups -OCH3 is 2. The molecule has 0 spiro atoms. The van der Waals surface area contributed by atoms with E-state index >= 15 is 0 Å². The van der Waals surface area contributed by atoms with Crippen LogP contribution >= 0.6 is 23.4 Å². The van der Waals surface area contributed by atoms with Crippen molar-refractivity contribution in [2.24, 2.45) is 0 Å². The first-order chi connectivity index (χ1) is 13.6. The zero-order chi connectivity index (χ0) is 19.9. The lowest BCUT2D eigenvalue weighted by Gasteiger charge is -2.10. The molecule has 0 N–H and O–H groups in total. The van der Waals surface area contributed by atoms with Crippen molar-refractivity contribution in [3.63, 3.8) is 0 Å². The zero-order valence-corrected chi connectivity index (χ0v) is 17.2. The van der Waals surface area contributed by atoms with Gasteiger partial charge in [0.05, 0.1) is 25.8 Å². The van der Waals surface area contributed by atoms with Crippen molar-refractivity contribution in [1.29, 1.82) is 0 Å². The van der Waals surface area contributed by atoms with E-state index in [1.807, 2.05) is 41.0 Å². The van der Waals surface area contributed by atoms with Crippen molar-refractivity contribution in [3.8, 4) is 11.4 Å². The summed E-state index contributed by atoms with van der Waals surface area (Å²) >= 11 is 7.57. The fourth-order valence-corrected chi connectivity index (χ4v) is 3.64. The summed E-state index contributed by atoms with van der Waals surface area (Å²) < 4.78 is 12.0. The molecule has 1 heterocycles. The topological polar surface area (TPSA) is 66.2 Å². The maximum absolute atomic E-state index is 11.5. The molecule has 3 aromatic rings. The molecule has 0 aliphatic rings. The van der Waals surface area contributed by atoms with E-state index in [4.69, 9.17) is 21.1 Å². The van der Waals surface area contributed by atoms with Crippen LogP contribution in [0.3, 0.4) is 0 Å². The van der Waals surface area contributed by atoms with Crippen molar-refractivity contribution in [3.05, 3.63) is 64.7 Å². The van der Waals surface area contributed by atoms with Crippen molar-refractivity contribution in [2.75, 3.05) is 20.8 Å². The van der Waals surface area contributed by atoms with Crippen LogP contribution in [0, 0.1) is 0 Å². The second-order valence-electron chi connectivity index (χ2n) is 5.93. The van der Waals surface area contributed by atoms with Gasteiger partial charge in [0, 0.05) is 23.4 Å². The number of carbonyl (C=O) groups excluding carboxylic acids is 1. The molecule has 0 atom stereocenters. The highest BCUT2D eigenvalue weighted by atomic mass is 35.5. The van der Waals surface area contributed by atoms with Gasteiger partial charge in [0.25, 0.3) is 0 Å². The lowest BCUT2D eigenvalue weighted by Crippen LogP contribution is -2.07. The van der Waals surface area contributed by atoms with Crippen LogP contribution in [0.15, 0.2) is 53.7 Å². The number of hydrogen-bond acceptors (Lipinski definition) is 6. The monoisotopic (exact) mass is 417 g/mol. The normalized spacial score (nSPS) is 10.8. The lowest BCUT2D eigenvalue weighted by molar-refractivity contribution is 0.0600. The van der Waals surface area contributed by atoms with Gasteiger partial charge < -0.3 is 9.47 Å². The molecule has 0 fully saturated rings. The predicted molar refractivity (Wildman–Crippen MR) is 110 cm³/mol. The Kier molecular flexibility index (Phi) is 7.08. The number of benzene rings is 2. The van der Waals surface area contributed by atoms with Crippen molar-refractivity contribution in [2.45, 2.75) is 17.5 Å². The van der Waals surface area contributed by atoms with Crippen LogP contribution in [0.25, 0.3) is 11.4 Å². The first-order valence-electron chi connectivity index (χ1n) is 8.60. The summed E-state index contributed by atoms with van der Waals surface area (Å²) in [6, 6.07) is 14.9. The van der Waals surface area contributed by atoms with E-state index in [9.17, 15) is 4.79 Å². The smallest absolute Gasteiger partial charge is 0.337 e. The highest BCUT2D eigenvalue weighted by Gasteiger charge is 2.14. The van der Waals surface area contributed by atoms with E-state index < -0.39 is 0 Å². The molecule has 0 radical (unpaired) electrons. The second kappa shape index (κ2) is 9.73. The summed E-state index contributed by atoms with van der Waals surface area (Å²) in [5, 5.41) is 10.2. The predicted octanol–water partition coefficient (Wildman–Crippen LogP) is 4.32. The minimum absolute atomic E-state index is 0.342. The van der Waals surface area contributed by atoms with E-state index in [0.29, 0.717) is 29.5 Å². The Balaban J connectivity index is 1.77. The molecule has 28 heavy (non-hydrogen) atoms. The van der Waals surface area contributed by atoms with Gasteiger partial charge in [0.2, 0.25) is 0 Å². The minimum atomic E-state index is -0.342. The fourth-order valence-electron chi connectivity index (χ4n) is 2.59. The molecule has 8 heteroatoms. The average molecular weight is 418 g/mol. The number of carbonyl (C=O) groups is 1. The van der Waals surface area contributed by atoms with Gasteiger partial charge in [0.1, 0.15) is 0 Å². The Labute approximate surface area is 172 Å². The number of rotatable bonds is 8. The van der Waals surface area contributed by atoms with E-state index in [2.05, 4.69) is 10.2 Å². The summed E-state index contributed by atoms with van der Waals surface area (Å²) in [6.45, 7) is 1.20. The lowest BCUT2D eigenvalue weighted by atomic mass is 10.1.